The molecule has 21 heavy (non-hydrogen) atoms. The third kappa shape index (κ3) is 2.59. The maximum absolute atomic E-state index is 12.7. The van der Waals surface area contributed by atoms with Crippen LogP contribution in [0.2, 0.25) is 0 Å². The van der Waals surface area contributed by atoms with Gasteiger partial charge in [0, 0.05) is 0 Å². The van der Waals surface area contributed by atoms with Gasteiger partial charge in [0.25, 0.3) is 5.91 Å². The first-order valence-electron chi connectivity index (χ1n) is 7.20. The molecular weight excluding hydrogens is 266 g/mol. The average Bonchev–Trinajstić information content (AvgIpc) is 3.02. The zero-order chi connectivity index (χ0) is 14.8. The van der Waals surface area contributed by atoms with Crippen LogP contribution >= 0.6 is 0 Å². The number of amides is 1. The van der Waals surface area contributed by atoms with Gasteiger partial charge in [0.05, 0.1) is 30.5 Å². The van der Waals surface area contributed by atoms with Gasteiger partial charge < -0.3 is 14.1 Å². The van der Waals surface area contributed by atoms with Crippen molar-refractivity contribution in [2.75, 3.05) is 6.61 Å². The van der Waals surface area contributed by atoms with E-state index in [9.17, 15) is 4.79 Å². The van der Waals surface area contributed by atoms with Crippen molar-refractivity contribution in [3.63, 3.8) is 0 Å². The van der Waals surface area contributed by atoms with E-state index in [0.717, 1.165) is 5.56 Å². The molecule has 1 aromatic heterocycles. The maximum atomic E-state index is 12.7. The van der Waals surface area contributed by atoms with E-state index in [1.165, 1.54) is 12.5 Å². The van der Waals surface area contributed by atoms with Crippen LogP contribution in [0.3, 0.4) is 0 Å². The van der Waals surface area contributed by atoms with Crippen LogP contribution in [0.4, 0.5) is 0 Å². The second kappa shape index (κ2) is 5.74. The number of hydrogen-bond donors (Lipinski definition) is 0. The van der Waals surface area contributed by atoms with Crippen LogP contribution in [0.15, 0.2) is 53.3 Å². The number of rotatable bonds is 2. The van der Waals surface area contributed by atoms with Crippen molar-refractivity contribution >= 4 is 5.91 Å². The number of nitrogens with zero attached hydrogens (tertiary/aromatic N) is 1. The highest BCUT2D eigenvalue weighted by Crippen LogP contribution is 2.31. The van der Waals surface area contributed by atoms with Crippen LogP contribution in [0.5, 0.6) is 0 Å². The fraction of sp³-hybridized carbons (Fsp3) is 0.353. The Bertz CT molecular complexity index is 594. The predicted molar refractivity (Wildman–Crippen MR) is 78.9 cm³/mol. The minimum Gasteiger partial charge on any atom is -0.472 e. The van der Waals surface area contributed by atoms with Crippen molar-refractivity contribution in [1.29, 1.82) is 0 Å². The lowest BCUT2D eigenvalue weighted by atomic mass is 9.98. The highest BCUT2D eigenvalue weighted by molar-refractivity contribution is 5.94. The lowest BCUT2D eigenvalue weighted by molar-refractivity contribution is -0.0806. The molecule has 2 aromatic rings. The molecule has 2 heterocycles. The summed E-state index contributed by atoms with van der Waals surface area (Å²) in [6, 6.07) is 11.8. The van der Waals surface area contributed by atoms with Gasteiger partial charge in [0.2, 0.25) is 0 Å². The van der Waals surface area contributed by atoms with E-state index in [1.54, 1.807) is 6.07 Å². The van der Waals surface area contributed by atoms with Gasteiger partial charge in [-0.3, -0.25) is 4.79 Å². The molecular formula is C17H19NO3. The van der Waals surface area contributed by atoms with Gasteiger partial charge in [0.15, 0.2) is 0 Å². The smallest absolute Gasteiger partial charge is 0.257 e. The van der Waals surface area contributed by atoms with Crippen LogP contribution < -0.4 is 0 Å². The van der Waals surface area contributed by atoms with Gasteiger partial charge in [0.1, 0.15) is 12.4 Å². The summed E-state index contributed by atoms with van der Waals surface area (Å²) in [5.74, 6) is -0.00650. The molecule has 0 bridgehead atoms. The standard InChI is InChI=1S/C17H19NO3/c1-12-10-21-16(14-6-4-3-5-7-14)13(2)18(12)17(19)15-8-9-20-11-15/h3-9,11-13,16H,10H2,1-2H3/t12-,13+,16+/m1/s1. The zero-order valence-corrected chi connectivity index (χ0v) is 12.2. The second-order valence-corrected chi connectivity index (χ2v) is 5.48. The quantitative estimate of drug-likeness (QED) is 0.850. The summed E-state index contributed by atoms with van der Waals surface area (Å²) >= 11 is 0. The van der Waals surface area contributed by atoms with Crippen LogP contribution in [-0.4, -0.2) is 29.5 Å². The molecule has 4 heteroatoms. The summed E-state index contributed by atoms with van der Waals surface area (Å²) in [6.07, 6.45) is 2.92. The second-order valence-electron chi connectivity index (χ2n) is 5.48. The molecule has 110 valence electrons. The molecule has 1 aromatic carbocycles. The highest BCUT2D eigenvalue weighted by atomic mass is 16.5. The van der Waals surface area contributed by atoms with Crippen molar-refractivity contribution < 1.29 is 13.9 Å². The molecule has 3 atom stereocenters. The van der Waals surface area contributed by atoms with E-state index < -0.39 is 0 Å². The summed E-state index contributed by atoms with van der Waals surface area (Å²) < 4.78 is 11.0. The van der Waals surface area contributed by atoms with Gasteiger partial charge in [-0.2, -0.15) is 0 Å². The molecule has 0 radical (unpaired) electrons. The SMILES string of the molecule is C[C@@H]1CO[C@H](c2ccccc2)[C@H](C)N1C(=O)c1ccoc1. The number of benzene rings is 1. The van der Waals surface area contributed by atoms with Gasteiger partial charge in [-0.15, -0.1) is 0 Å². The predicted octanol–water partition coefficient (Wildman–Crippen LogP) is 3.27. The van der Waals surface area contributed by atoms with Crippen LogP contribution in [0.25, 0.3) is 0 Å². The summed E-state index contributed by atoms with van der Waals surface area (Å²) in [4.78, 5) is 14.6. The minimum absolute atomic E-state index is 0.00650. The molecule has 4 nitrogen and oxygen atoms in total. The van der Waals surface area contributed by atoms with Crippen LogP contribution in [0, 0.1) is 0 Å². The number of carbonyl (C=O) groups excluding carboxylic acids is 1. The van der Waals surface area contributed by atoms with Crippen LogP contribution in [-0.2, 0) is 4.74 Å². The molecule has 1 saturated heterocycles. The molecule has 0 spiro atoms. The van der Waals surface area contributed by atoms with E-state index in [1.807, 2.05) is 49.1 Å². The minimum atomic E-state index is -0.0988. The molecule has 1 aliphatic heterocycles. The maximum Gasteiger partial charge on any atom is 0.257 e. The molecule has 0 aliphatic carbocycles. The van der Waals surface area contributed by atoms with E-state index in [-0.39, 0.29) is 24.1 Å². The first kappa shape index (κ1) is 13.9. The van der Waals surface area contributed by atoms with Crippen LogP contribution in [0.1, 0.15) is 35.9 Å². The topological polar surface area (TPSA) is 42.7 Å². The van der Waals surface area contributed by atoms with Gasteiger partial charge >= 0.3 is 0 Å². The Morgan fingerprint density at radius 1 is 1.19 bits per heavy atom. The molecule has 0 unspecified atom stereocenters. The first-order chi connectivity index (χ1) is 10.2. The van der Waals surface area contributed by atoms with Crippen molar-refractivity contribution in [1.82, 2.24) is 4.90 Å². The first-order valence-corrected chi connectivity index (χ1v) is 7.20. The Morgan fingerprint density at radius 2 is 1.95 bits per heavy atom. The van der Waals surface area contributed by atoms with Gasteiger partial charge in [-0.1, -0.05) is 30.3 Å². The van der Waals surface area contributed by atoms with Crippen molar-refractivity contribution in [3.05, 3.63) is 60.1 Å². The van der Waals surface area contributed by atoms with E-state index in [0.29, 0.717) is 12.2 Å². The fourth-order valence-electron chi connectivity index (χ4n) is 2.95. The lowest BCUT2D eigenvalue weighted by Gasteiger charge is -2.43. The Balaban J connectivity index is 1.87. The largest absolute Gasteiger partial charge is 0.472 e. The Hall–Kier alpha value is -2.07. The number of ether oxygens (including phenoxy) is 1. The Morgan fingerprint density at radius 3 is 2.62 bits per heavy atom. The normalized spacial score (nSPS) is 25.8. The summed E-state index contributed by atoms with van der Waals surface area (Å²) in [5.41, 5.74) is 1.68. The summed E-state index contributed by atoms with van der Waals surface area (Å²) in [6.45, 7) is 4.58. The number of morpholine rings is 1. The average molecular weight is 285 g/mol. The number of furan rings is 1. The van der Waals surface area contributed by atoms with Gasteiger partial charge in [-0.25, -0.2) is 0 Å². The lowest BCUT2D eigenvalue weighted by Crippen LogP contribution is -2.53. The highest BCUT2D eigenvalue weighted by Gasteiger charge is 2.37. The third-order valence-corrected chi connectivity index (χ3v) is 4.00. The molecule has 0 saturated carbocycles. The van der Waals surface area contributed by atoms with Crippen molar-refractivity contribution in [3.8, 4) is 0 Å². The van der Waals surface area contributed by atoms with Crippen molar-refractivity contribution in [2.45, 2.75) is 32.0 Å². The summed E-state index contributed by atoms with van der Waals surface area (Å²) in [7, 11) is 0. The zero-order valence-electron chi connectivity index (χ0n) is 12.2. The Kier molecular flexibility index (Phi) is 3.80. The van der Waals surface area contributed by atoms with E-state index in [2.05, 4.69) is 0 Å². The van der Waals surface area contributed by atoms with Gasteiger partial charge in [-0.05, 0) is 25.5 Å². The summed E-state index contributed by atoms with van der Waals surface area (Å²) in [5, 5.41) is 0. The van der Waals surface area contributed by atoms with E-state index >= 15 is 0 Å². The Labute approximate surface area is 124 Å². The number of carbonyl (C=O) groups is 1. The monoisotopic (exact) mass is 285 g/mol. The molecule has 0 N–H and O–H groups in total. The fourth-order valence-corrected chi connectivity index (χ4v) is 2.95. The van der Waals surface area contributed by atoms with E-state index in [4.69, 9.17) is 9.15 Å². The van der Waals surface area contributed by atoms with Crippen molar-refractivity contribution in [2.24, 2.45) is 0 Å². The molecule has 1 amide bonds. The molecule has 1 fully saturated rings. The molecule has 1 aliphatic rings. The molecule has 3 rings (SSSR count). The number of hydrogen-bond acceptors (Lipinski definition) is 3. The third-order valence-electron chi connectivity index (χ3n) is 4.00.